The first-order valence-corrected chi connectivity index (χ1v) is 7.65. The summed E-state index contributed by atoms with van der Waals surface area (Å²) in [6.45, 7) is -0.725. The third kappa shape index (κ3) is 3.30. The number of sulfonamides is 1. The fraction of sp³-hybridized carbons (Fsp3) is 0.200. The first-order chi connectivity index (χ1) is 8.43. The van der Waals surface area contributed by atoms with E-state index in [1.54, 1.807) is 24.3 Å². The Morgan fingerprint density at radius 3 is 2.17 bits per heavy atom. The number of nitrogens with zero attached hydrogens (tertiary/aromatic N) is 3. The zero-order valence-corrected chi connectivity index (χ0v) is 13.0. The van der Waals surface area contributed by atoms with Crippen molar-refractivity contribution in [2.24, 2.45) is 0 Å². The number of nitriles is 2. The molecule has 0 unspecified atom stereocenters. The van der Waals surface area contributed by atoms with Gasteiger partial charge in [0.25, 0.3) is 0 Å². The standard InChI is InChI=1S/C10H7Br2N3O2S/c11-8-1-2-10(9(12)7-8)18(16,17)15(5-3-13)6-4-14/h1-2,7H,5-6H2. The summed E-state index contributed by atoms with van der Waals surface area (Å²) in [6, 6.07) is 8.03. The summed E-state index contributed by atoms with van der Waals surface area (Å²) in [4.78, 5) is 0.0243. The van der Waals surface area contributed by atoms with E-state index in [2.05, 4.69) is 31.9 Å². The average molecular weight is 393 g/mol. The average Bonchev–Trinajstić information content (AvgIpc) is 2.28. The molecule has 18 heavy (non-hydrogen) atoms. The molecule has 0 aliphatic rings. The van der Waals surface area contributed by atoms with Gasteiger partial charge in [-0.3, -0.25) is 0 Å². The summed E-state index contributed by atoms with van der Waals surface area (Å²) >= 11 is 6.37. The van der Waals surface area contributed by atoms with Crippen LogP contribution in [0.15, 0.2) is 32.0 Å². The quantitative estimate of drug-likeness (QED) is 0.735. The Kier molecular flexibility index (Phi) is 5.29. The summed E-state index contributed by atoms with van der Waals surface area (Å²) < 4.78 is 26.4. The fourth-order valence-corrected chi connectivity index (χ4v) is 4.15. The minimum Gasteiger partial charge on any atom is -0.207 e. The van der Waals surface area contributed by atoms with E-state index in [4.69, 9.17) is 10.5 Å². The largest absolute Gasteiger partial charge is 0.246 e. The molecule has 1 aromatic rings. The summed E-state index contributed by atoms with van der Waals surface area (Å²) in [5.74, 6) is 0. The maximum atomic E-state index is 12.2. The third-order valence-electron chi connectivity index (χ3n) is 2.01. The van der Waals surface area contributed by atoms with Crippen molar-refractivity contribution in [3.8, 4) is 12.1 Å². The van der Waals surface area contributed by atoms with Crippen LogP contribution in [0.3, 0.4) is 0 Å². The highest BCUT2D eigenvalue weighted by molar-refractivity contribution is 9.11. The highest BCUT2D eigenvalue weighted by atomic mass is 79.9. The van der Waals surface area contributed by atoms with Crippen molar-refractivity contribution in [1.29, 1.82) is 10.5 Å². The molecule has 0 aromatic heterocycles. The Hall–Kier alpha value is -0.930. The van der Waals surface area contributed by atoms with E-state index in [0.29, 0.717) is 4.47 Å². The molecule has 0 N–H and O–H groups in total. The maximum absolute atomic E-state index is 12.2. The molecule has 0 atom stereocenters. The smallest absolute Gasteiger partial charge is 0.207 e. The molecule has 5 nitrogen and oxygen atoms in total. The summed E-state index contributed by atoms with van der Waals surface area (Å²) in [6.07, 6.45) is 0. The molecule has 8 heteroatoms. The second-order valence-corrected chi connectivity index (χ2v) is 6.84. The Balaban J connectivity index is 3.28. The van der Waals surface area contributed by atoms with Crippen LogP contribution in [0.4, 0.5) is 0 Å². The molecular formula is C10H7Br2N3O2S. The molecule has 0 heterocycles. The first kappa shape index (κ1) is 15.1. The second-order valence-electron chi connectivity index (χ2n) is 3.16. The molecule has 0 saturated carbocycles. The highest BCUT2D eigenvalue weighted by Crippen LogP contribution is 2.27. The molecule has 94 valence electrons. The summed E-state index contributed by atoms with van der Waals surface area (Å²) in [7, 11) is -3.85. The SMILES string of the molecule is N#CCN(CC#N)S(=O)(=O)c1ccc(Br)cc1Br. The zero-order valence-electron chi connectivity index (χ0n) is 8.97. The summed E-state index contributed by atoms with van der Waals surface area (Å²) in [5, 5.41) is 17.2. The molecular weight excluding hydrogens is 386 g/mol. The van der Waals surface area contributed by atoms with Crippen LogP contribution in [0.25, 0.3) is 0 Å². The lowest BCUT2D eigenvalue weighted by atomic mass is 10.4. The molecule has 0 fully saturated rings. The second kappa shape index (κ2) is 6.30. The van der Waals surface area contributed by atoms with Crippen LogP contribution in [0.2, 0.25) is 0 Å². The molecule has 1 aromatic carbocycles. The van der Waals surface area contributed by atoms with Gasteiger partial charge in [0.15, 0.2) is 0 Å². The minimum atomic E-state index is -3.85. The van der Waals surface area contributed by atoms with Gasteiger partial charge in [-0.15, -0.1) is 0 Å². The van der Waals surface area contributed by atoms with Crippen LogP contribution in [-0.2, 0) is 10.0 Å². The van der Waals surface area contributed by atoms with E-state index in [1.807, 2.05) is 0 Å². The topological polar surface area (TPSA) is 85.0 Å². The van der Waals surface area contributed by atoms with E-state index in [-0.39, 0.29) is 18.0 Å². The van der Waals surface area contributed by atoms with E-state index in [0.717, 1.165) is 8.78 Å². The third-order valence-corrected chi connectivity index (χ3v) is 5.27. The van der Waals surface area contributed by atoms with Gasteiger partial charge in [-0.2, -0.15) is 14.8 Å². The van der Waals surface area contributed by atoms with Crippen LogP contribution in [-0.4, -0.2) is 25.8 Å². The van der Waals surface area contributed by atoms with Crippen LogP contribution in [0.1, 0.15) is 0 Å². The Morgan fingerprint density at radius 1 is 1.17 bits per heavy atom. The molecule has 0 amide bonds. The van der Waals surface area contributed by atoms with Gasteiger partial charge in [0.05, 0.1) is 17.0 Å². The van der Waals surface area contributed by atoms with Crippen molar-refractivity contribution in [3.05, 3.63) is 27.1 Å². The van der Waals surface area contributed by atoms with Crippen molar-refractivity contribution in [2.75, 3.05) is 13.1 Å². The van der Waals surface area contributed by atoms with Crippen molar-refractivity contribution < 1.29 is 8.42 Å². The lowest BCUT2D eigenvalue weighted by Crippen LogP contribution is -2.32. The minimum absolute atomic E-state index is 0.0243. The van der Waals surface area contributed by atoms with Crippen molar-refractivity contribution >= 4 is 41.9 Å². The van der Waals surface area contributed by atoms with Crippen LogP contribution < -0.4 is 0 Å². The molecule has 0 saturated heterocycles. The van der Waals surface area contributed by atoms with Gasteiger partial charge in [0.1, 0.15) is 13.1 Å². The normalized spacial score (nSPS) is 10.9. The maximum Gasteiger partial charge on any atom is 0.246 e. The van der Waals surface area contributed by atoms with Gasteiger partial charge in [0.2, 0.25) is 10.0 Å². The van der Waals surface area contributed by atoms with Gasteiger partial charge in [-0.1, -0.05) is 15.9 Å². The Bertz CT molecular complexity index is 616. The molecule has 0 radical (unpaired) electrons. The molecule has 0 spiro atoms. The van der Waals surface area contributed by atoms with Crippen LogP contribution in [0, 0.1) is 22.7 Å². The Morgan fingerprint density at radius 2 is 1.72 bits per heavy atom. The molecule has 0 bridgehead atoms. The molecule has 0 aliphatic carbocycles. The first-order valence-electron chi connectivity index (χ1n) is 4.62. The van der Waals surface area contributed by atoms with Crippen molar-refractivity contribution in [3.63, 3.8) is 0 Å². The lowest BCUT2D eigenvalue weighted by molar-refractivity contribution is 0.479. The van der Waals surface area contributed by atoms with Gasteiger partial charge < -0.3 is 0 Å². The van der Waals surface area contributed by atoms with Crippen molar-refractivity contribution in [1.82, 2.24) is 4.31 Å². The van der Waals surface area contributed by atoms with Crippen LogP contribution in [0.5, 0.6) is 0 Å². The van der Waals surface area contributed by atoms with Gasteiger partial charge in [-0.25, -0.2) is 8.42 Å². The van der Waals surface area contributed by atoms with E-state index < -0.39 is 10.0 Å². The summed E-state index contributed by atoms with van der Waals surface area (Å²) in [5.41, 5.74) is 0. The monoisotopic (exact) mass is 391 g/mol. The molecule has 1 rings (SSSR count). The zero-order chi connectivity index (χ0) is 13.8. The number of rotatable bonds is 4. The fourth-order valence-electron chi connectivity index (χ4n) is 1.21. The number of hydrogen-bond donors (Lipinski definition) is 0. The lowest BCUT2D eigenvalue weighted by Gasteiger charge is -2.16. The predicted molar refractivity (Wildman–Crippen MR) is 71.8 cm³/mol. The number of benzene rings is 1. The molecule has 0 aliphatic heterocycles. The number of hydrogen-bond acceptors (Lipinski definition) is 4. The van der Waals surface area contributed by atoms with E-state index in [9.17, 15) is 8.42 Å². The van der Waals surface area contributed by atoms with Crippen LogP contribution >= 0.6 is 31.9 Å². The van der Waals surface area contributed by atoms with Crippen molar-refractivity contribution in [2.45, 2.75) is 4.90 Å². The van der Waals surface area contributed by atoms with E-state index in [1.165, 1.54) is 6.07 Å². The van der Waals surface area contributed by atoms with Gasteiger partial charge in [-0.05, 0) is 34.1 Å². The van der Waals surface area contributed by atoms with E-state index >= 15 is 0 Å². The van der Waals surface area contributed by atoms with Gasteiger partial charge >= 0.3 is 0 Å². The van der Waals surface area contributed by atoms with Gasteiger partial charge in [0, 0.05) is 8.95 Å². The predicted octanol–water partition coefficient (Wildman–Crippen LogP) is 2.25. The highest BCUT2D eigenvalue weighted by Gasteiger charge is 2.26. The Labute approximate surface area is 122 Å². The number of halogens is 2.